The van der Waals surface area contributed by atoms with Crippen LogP contribution in [-0.2, 0) is 32.6 Å². The van der Waals surface area contributed by atoms with Crippen LogP contribution in [0.5, 0.6) is 0 Å². The van der Waals surface area contributed by atoms with Crippen LogP contribution in [0.1, 0.15) is 11.1 Å². The summed E-state index contributed by atoms with van der Waals surface area (Å²) in [5.41, 5.74) is 2.77. The molecular weight excluding hydrogens is 354 g/mol. The molecule has 95 valence electrons. The monoisotopic (exact) mass is 365 g/mol. The summed E-state index contributed by atoms with van der Waals surface area (Å²) in [4.78, 5) is 0. The zero-order valence-corrected chi connectivity index (χ0v) is 14.3. The number of halogens is 2. The molecule has 0 aromatic heterocycles. The van der Waals surface area contributed by atoms with Crippen molar-refractivity contribution in [3.63, 3.8) is 0 Å². The van der Waals surface area contributed by atoms with Crippen LogP contribution in [0, 0.1) is 0 Å². The Morgan fingerprint density at radius 2 is 1.42 bits per heavy atom. The van der Waals surface area contributed by atoms with Gasteiger partial charge in [-0.25, -0.2) is 0 Å². The molecule has 1 radical (unpaired) electrons. The van der Waals surface area contributed by atoms with Crippen molar-refractivity contribution in [2.24, 2.45) is 0 Å². The zero-order valence-electron chi connectivity index (χ0n) is 10.3. The van der Waals surface area contributed by atoms with Gasteiger partial charge in [-0.1, -0.05) is 36.4 Å². The molecule has 0 amide bonds. The summed E-state index contributed by atoms with van der Waals surface area (Å²) in [7, 11) is 0. The van der Waals surface area contributed by atoms with E-state index in [1.165, 1.54) is 21.9 Å². The Hall–Kier alpha value is -0.487. The van der Waals surface area contributed by atoms with Gasteiger partial charge in [0.1, 0.15) is 0 Å². The summed E-state index contributed by atoms with van der Waals surface area (Å²) in [6.45, 7) is 0. The van der Waals surface area contributed by atoms with Gasteiger partial charge in [-0.3, -0.25) is 0 Å². The first-order chi connectivity index (χ1) is 7.92. The van der Waals surface area contributed by atoms with E-state index in [0.717, 1.165) is 6.42 Å². The van der Waals surface area contributed by atoms with Crippen molar-refractivity contribution in [2.75, 3.05) is 0 Å². The Morgan fingerprint density at radius 3 is 2.11 bits per heavy atom. The van der Waals surface area contributed by atoms with Gasteiger partial charge in [0.2, 0.25) is 0 Å². The Morgan fingerprint density at radius 1 is 0.789 bits per heavy atom. The van der Waals surface area contributed by atoms with Gasteiger partial charge in [0.25, 0.3) is 0 Å². The van der Waals surface area contributed by atoms with E-state index in [1.54, 1.807) is 0 Å². The number of rotatable bonds is 2. The number of hydrogen-bond donors (Lipinski definition) is 0. The predicted molar refractivity (Wildman–Crippen MR) is 68.8 cm³/mol. The standard InChI is InChI=1S/C16H13.2ClH.Zr/c1-2-6-13(7-3-1)10-14-11-15-8-4-5-9-16(15)12-14;;;/h1-9,11-12H,10H2;2*1H;/q-1;;;+3/p-2. The van der Waals surface area contributed by atoms with Gasteiger partial charge in [0.15, 0.2) is 0 Å². The molecule has 0 nitrogen and oxygen atoms in total. The van der Waals surface area contributed by atoms with E-state index in [-0.39, 0.29) is 51.0 Å². The first-order valence-corrected chi connectivity index (χ1v) is 5.60. The zero-order chi connectivity index (χ0) is 10.8. The first kappa shape index (κ1) is 18.5. The third-order valence-electron chi connectivity index (χ3n) is 2.93. The molecule has 0 atom stereocenters. The van der Waals surface area contributed by atoms with Crippen LogP contribution >= 0.6 is 0 Å². The van der Waals surface area contributed by atoms with Crippen LogP contribution in [0.15, 0.2) is 66.7 Å². The van der Waals surface area contributed by atoms with Crippen molar-refractivity contribution in [3.05, 3.63) is 77.9 Å². The number of hydrogen-bond acceptors (Lipinski definition) is 0. The van der Waals surface area contributed by atoms with Crippen LogP contribution in [0.25, 0.3) is 10.8 Å². The van der Waals surface area contributed by atoms with E-state index in [2.05, 4.69) is 66.7 Å². The average Bonchev–Trinajstić information content (AvgIpc) is 2.72. The average molecular weight is 367 g/mol. The van der Waals surface area contributed by atoms with Crippen molar-refractivity contribution in [3.8, 4) is 0 Å². The van der Waals surface area contributed by atoms with Gasteiger partial charge in [0, 0.05) is 0 Å². The van der Waals surface area contributed by atoms with E-state index in [1.807, 2.05) is 0 Å². The Kier molecular flexibility index (Phi) is 8.42. The van der Waals surface area contributed by atoms with Crippen LogP contribution in [0.3, 0.4) is 0 Å². The first-order valence-electron chi connectivity index (χ1n) is 5.60. The van der Waals surface area contributed by atoms with Crippen molar-refractivity contribution < 1.29 is 51.0 Å². The molecular formula is C16H13Cl2Zr. The fourth-order valence-corrected chi connectivity index (χ4v) is 2.15. The van der Waals surface area contributed by atoms with E-state index in [0.29, 0.717) is 0 Å². The van der Waals surface area contributed by atoms with Crippen molar-refractivity contribution in [1.29, 1.82) is 0 Å². The third-order valence-corrected chi connectivity index (χ3v) is 2.93. The Bertz CT molecular complexity index is 569. The molecule has 0 saturated heterocycles. The van der Waals surface area contributed by atoms with Crippen molar-refractivity contribution in [2.45, 2.75) is 6.42 Å². The fraction of sp³-hybridized carbons (Fsp3) is 0.0625. The van der Waals surface area contributed by atoms with E-state index >= 15 is 0 Å². The Labute approximate surface area is 145 Å². The summed E-state index contributed by atoms with van der Waals surface area (Å²) in [5, 5.41) is 2.68. The van der Waals surface area contributed by atoms with Crippen LogP contribution in [-0.4, -0.2) is 0 Å². The summed E-state index contributed by atoms with van der Waals surface area (Å²) in [5.74, 6) is 0. The van der Waals surface area contributed by atoms with Crippen molar-refractivity contribution >= 4 is 10.8 Å². The van der Waals surface area contributed by atoms with Crippen LogP contribution in [0.4, 0.5) is 0 Å². The van der Waals surface area contributed by atoms with E-state index in [9.17, 15) is 0 Å². The maximum absolute atomic E-state index is 2.28. The SMILES string of the molecule is [Cl-].[Cl-].[Zr+3].c1ccc(Cc2cc3ccccc3[cH-]2)cc1. The third kappa shape index (κ3) is 4.53. The minimum absolute atomic E-state index is 0. The maximum Gasteiger partial charge on any atom is 3.00 e. The molecule has 0 N–H and O–H groups in total. The quantitative estimate of drug-likeness (QED) is 0.467. The molecule has 0 fully saturated rings. The van der Waals surface area contributed by atoms with Crippen LogP contribution < -0.4 is 24.8 Å². The van der Waals surface area contributed by atoms with Gasteiger partial charge in [0.05, 0.1) is 0 Å². The fourth-order valence-electron chi connectivity index (χ4n) is 2.15. The summed E-state index contributed by atoms with van der Waals surface area (Å²) >= 11 is 0. The number of fused-ring (bicyclic) bond motifs is 1. The smallest absolute Gasteiger partial charge is 1.00 e. The largest absolute Gasteiger partial charge is 3.00 e. The molecule has 0 bridgehead atoms. The number of benzene rings is 2. The molecule has 0 heterocycles. The second kappa shape index (κ2) is 8.64. The van der Waals surface area contributed by atoms with Gasteiger partial charge in [-0.15, -0.1) is 40.6 Å². The molecule has 0 spiro atoms. The van der Waals surface area contributed by atoms with Crippen LogP contribution in [0.2, 0.25) is 0 Å². The molecule has 19 heavy (non-hydrogen) atoms. The molecule has 0 aliphatic heterocycles. The molecule has 3 heteroatoms. The van der Waals surface area contributed by atoms with Gasteiger partial charge >= 0.3 is 26.2 Å². The van der Waals surface area contributed by atoms with Gasteiger partial charge in [-0.05, 0) is 12.0 Å². The summed E-state index contributed by atoms with van der Waals surface area (Å²) in [6, 6.07) is 23.7. The Balaban J connectivity index is 0.00000108. The molecule has 0 saturated carbocycles. The molecule has 3 aromatic carbocycles. The van der Waals surface area contributed by atoms with Gasteiger partial charge in [-0.2, -0.15) is 6.07 Å². The second-order valence-corrected chi connectivity index (χ2v) is 4.15. The minimum atomic E-state index is 0. The van der Waals surface area contributed by atoms with Crippen molar-refractivity contribution in [1.82, 2.24) is 0 Å². The molecule has 0 aliphatic carbocycles. The molecule has 3 aromatic rings. The minimum Gasteiger partial charge on any atom is -1.00 e. The summed E-state index contributed by atoms with van der Waals surface area (Å²) < 4.78 is 0. The molecule has 0 aliphatic rings. The second-order valence-electron chi connectivity index (χ2n) is 4.15. The summed E-state index contributed by atoms with van der Waals surface area (Å²) in [6.07, 6.45) is 1.02. The van der Waals surface area contributed by atoms with E-state index < -0.39 is 0 Å². The topological polar surface area (TPSA) is 0 Å². The maximum atomic E-state index is 2.28. The molecule has 0 unspecified atom stereocenters. The van der Waals surface area contributed by atoms with Gasteiger partial charge < -0.3 is 24.8 Å². The molecule has 3 rings (SSSR count). The van der Waals surface area contributed by atoms with E-state index in [4.69, 9.17) is 0 Å². The normalized spacial score (nSPS) is 9.05. The predicted octanol–water partition coefficient (Wildman–Crippen LogP) is -1.84.